The third-order valence-electron chi connectivity index (χ3n) is 9.58. The molecule has 0 spiro atoms. The summed E-state index contributed by atoms with van der Waals surface area (Å²) < 4.78 is 33.0. The van der Waals surface area contributed by atoms with Crippen LogP contribution in [0.1, 0.15) is 82.6 Å². The molecule has 3 heterocycles. The van der Waals surface area contributed by atoms with E-state index in [1.807, 2.05) is 12.2 Å². The van der Waals surface area contributed by atoms with Gasteiger partial charge in [-0.15, -0.1) is 0 Å². The van der Waals surface area contributed by atoms with Gasteiger partial charge >= 0.3 is 6.09 Å². The van der Waals surface area contributed by atoms with Gasteiger partial charge in [0, 0.05) is 24.7 Å². The van der Waals surface area contributed by atoms with E-state index in [1.54, 1.807) is 24.5 Å². The second kappa shape index (κ2) is 14.0. The van der Waals surface area contributed by atoms with Crippen LogP contribution in [-0.2, 0) is 34.0 Å². The minimum atomic E-state index is -3.86. The lowest BCUT2D eigenvalue weighted by molar-refractivity contribution is -0.141. The average molecular weight is 671 g/mol. The lowest BCUT2D eigenvalue weighted by atomic mass is 9.96. The summed E-state index contributed by atoms with van der Waals surface area (Å²) in [6.45, 7) is 0.0129. The highest BCUT2D eigenvalue weighted by Gasteiger charge is 2.62. The predicted octanol–water partition coefficient (Wildman–Crippen LogP) is 2.05. The highest BCUT2D eigenvalue weighted by molar-refractivity contribution is 7.91. The molecule has 254 valence electrons. The number of carbonyl (C=O) groups excluding carboxylic acids is 4. The number of rotatable bonds is 8. The summed E-state index contributed by atoms with van der Waals surface area (Å²) in [5.41, 5.74) is -0.717. The number of ether oxygens (including phenoxy) is 1. The summed E-state index contributed by atoms with van der Waals surface area (Å²) >= 11 is 0. The molecule has 3 N–H and O–H groups in total. The molecule has 3 saturated carbocycles. The van der Waals surface area contributed by atoms with Crippen molar-refractivity contribution in [3.8, 4) is 0 Å². The van der Waals surface area contributed by atoms with Crippen molar-refractivity contribution in [3.63, 3.8) is 0 Å². The van der Waals surface area contributed by atoms with E-state index < -0.39 is 68.7 Å². The van der Waals surface area contributed by atoms with Crippen LogP contribution in [0.2, 0.25) is 0 Å². The smallest absolute Gasteiger partial charge is 0.408 e. The first-order valence-electron chi connectivity index (χ1n) is 16.6. The molecule has 0 radical (unpaired) electrons. The molecule has 4 amide bonds. The largest absolute Gasteiger partial charge is 0.446 e. The lowest BCUT2D eigenvalue weighted by Crippen LogP contribution is -2.58. The molecular weight excluding hydrogens is 628 g/mol. The molecule has 1 aromatic rings. The topological polar surface area (TPSA) is 185 Å². The molecule has 3 aliphatic carbocycles. The maximum Gasteiger partial charge on any atom is 0.408 e. The summed E-state index contributed by atoms with van der Waals surface area (Å²) in [4.78, 5) is 65.5. The van der Waals surface area contributed by atoms with Gasteiger partial charge in [-0.25, -0.2) is 13.2 Å². The summed E-state index contributed by atoms with van der Waals surface area (Å²) in [5.74, 6) is -2.25. The van der Waals surface area contributed by atoms with E-state index in [0.717, 1.165) is 37.7 Å². The molecule has 1 saturated heterocycles. The van der Waals surface area contributed by atoms with Gasteiger partial charge in [0.05, 0.1) is 18.0 Å². The fourth-order valence-electron chi connectivity index (χ4n) is 6.28. The Labute approximate surface area is 274 Å². The number of sulfonamides is 1. The van der Waals surface area contributed by atoms with Gasteiger partial charge in [0.15, 0.2) is 0 Å². The number of pyridine rings is 1. The minimum Gasteiger partial charge on any atom is -0.446 e. The van der Waals surface area contributed by atoms with Crippen LogP contribution in [0, 0.1) is 5.92 Å². The number of alkyl carbamates (subject to hydrolysis) is 1. The summed E-state index contributed by atoms with van der Waals surface area (Å²) in [6, 6.07) is 1.49. The number of allylic oxidation sites excluding steroid dienone is 1. The fourth-order valence-corrected chi connectivity index (χ4v) is 7.65. The SMILES string of the molecule is O=C(N[C@@H]1CCCCC/C=C\[C@H]2C[C@]2(C(=O)NS(=O)(=O)C2CC2)NC(=O)[C@@H]2C[C@@H](O/N=C/c3ccncc3)CN2C1=O)OC1CCC1. The summed E-state index contributed by atoms with van der Waals surface area (Å²) in [7, 11) is -3.86. The maximum atomic E-state index is 14.1. The normalized spacial score (nSPS) is 30.9. The van der Waals surface area contributed by atoms with Crippen molar-refractivity contribution in [3.05, 3.63) is 42.2 Å². The van der Waals surface area contributed by atoms with E-state index in [1.165, 1.54) is 11.1 Å². The third kappa shape index (κ3) is 7.94. The molecule has 2 aliphatic heterocycles. The van der Waals surface area contributed by atoms with Crippen LogP contribution in [-0.4, -0.2) is 90.0 Å². The zero-order valence-electron chi connectivity index (χ0n) is 26.2. The van der Waals surface area contributed by atoms with Gasteiger partial charge in [-0.2, -0.15) is 0 Å². The molecule has 47 heavy (non-hydrogen) atoms. The number of carbonyl (C=O) groups is 4. The van der Waals surface area contributed by atoms with E-state index in [0.29, 0.717) is 32.1 Å². The Kier molecular flexibility index (Phi) is 9.80. The van der Waals surface area contributed by atoms with E-state index in [4.69, 9.17) is 9.57 Å². The highest BCUT2D eigenvalue weighted by Crippen LogP contribution is 2.46. The number of oxime groups is 1. The van der Waals surface area contributed by atoms with Crippen LogP contribution in [0.25, 0.3) is 0 Å². The van der Waals surface area contributed by atoms with Crippen LogP contribution in [0.5, 0.6) is 0 Å². The standard InChI is InChI=1S/C32H42N6O8S/c39-28-27-17-24(46-34-19-21-13-15-33-16-14-21)20-38(27)29(40)26(35-31(42)45-23-8-6-9-23)10-5-3-1-2-4-7-22-18-32(22,36-28)30(41)37-47(43,44)25-11-12-25/h4,7,13-16,19,22-27H,1-3,5-6,8-12,17-18,20H2,(H,35,42)(H,36,39)(H,37,41)/b7-4-,34-19+/t22-,24+,26+,27-,32-/m0/s1. The Bertz CT molecular complexity index is 1510. The third-order valence-corrected chi connectivity index (χ3v) is 11.4. The van der Waals surface area contributed by atoms with Gasteiger partial charge in [0.1, 0.15) is 29.8 Å². The maximum absolute atomic E-state index is 14.1. The second-order valence-electron chi connectivity index (χ2n) is 13.2. The van der Waals surface area contributed by atoms with E-state index in [2.05, 4.69) is 25.5 Å². The van der Waals surface area contributed by atoms with Crippen LogP contribution < -0.4 is 15.4 Å². The van der Waals surface area contributed by atoms with Crippen molar-refractivity contribution < 1.29 is 37.2 Å². The first kappa shape index (κ1) is 32.9. The van der Waals surface area contributed by atoms with Crippen LogP contribution in [0.15, 0.2) is 41.8 Å². The van der Waals surface area contributed by atoms with Crippen molar-refractivity contribution in [2.24, 2.45) is 11.1 Å². The number of fused-ring (bicyclic) bond motifs is 2. The van der Waals surface area contributed by atoms with E-state index >= 15 is 0 Å². The molecule has 5 aliphatic rings. The molecule has 0 aromatic carbocycles. The quantitative estimate of drug-likeness (QED) is 0.212. The summed E-state index contributed by atoms with van der Waals surface area (Å²) in [5, 5.41) is 9.05. The molecule has 0 bridgehead atoms. The number of hydrogen-bond donors (Lipinski definition) is 3. The molecular formula is C32H42N6O8S. The van der Waals surface area contributed by atoms with Crippen molar-refractivity contribution in [1.29, 1.82) is 0 Å². The van der Waals surface area contributed by atoms with Gasteiger partial charge in [-0.3, -0.25) is 24.1 Å². The predicted molar refractivity (Wildman–Crippen MR) is 169 cm³/mol. The van der Waals surface area contributed by atoms with E-state index in [-0.39, 0.29) is 25.5 Å². The fraction of sp³-hybridized carbons (Fsp3) is 0.625. The minimum absolute atomic E-state index is 0.0129. The number of amides is 4. The van der Waals surface area contributed by atoms with Crippen LogP contribution >= 0.6 is 0 Å². The lowest BCUT2D eigenvalue weighted by Gasteiger charge is -2.30. The summed E-state index contributed by atoms with van der Waals surface area (Å²) in [6.07, 6.45) is 14.2. The molecule has 15 heteroatoms. The average Bonchev–Trinajstić information content (AvgIpc) is 3.95. The second-order valence-corrected chi connectivity index (χ2v) is 15.1. The number of aromatic nitrogens is 1. The molecule has 0 unspecified atom stereocenters. The first-order chi connectivity index (χ1) is 22.6. The Balaban J connectivity index is 1.24. The Morgan fingerprint density at radius 2 is 1.83 bits per heavy atom. The zero-order valence-corrected chi connectivity index (χ0v) is 27.0. The monoisotopic (exact) mass is 670 g/mol. The van der Waals surface area contributed by atoms with Gasteiger partial charge in [-0.1, -0.05) is 30.1 Å². The number of nitrogens with one attached hydrogen (secondary N) is 3. The Hall–Kier alpha value is -4.01. The van der Waals surface area contributed by atoms with Crippen molar-refractivity contribution in [1.82, 2.24) is 25.2 Å². The van der Waals surface area contributed by atoms with Crippen LogP contribution in [0.3, 0.4) is 0 Å². The first-order valence-corrected chi connectivity index (χ1v) is 18.1. The van der Waals surface area contributed by atoms with Gasteiger partial charge < -0.3 is 25.1 Å². The van der Waals surface area contributed by atoms with Crippen molar-refractivity contribution >= 4 is 40.1 Å². The van der Waals surface area contributed by atoms with E-state index in [9.17, 15) is 27.6 Å². The Morgan fingerprint density at radius 1 is 1.04 bits per heavy atom. The van der Waals surface area contributed by atoms with Crippen molar-refractivity contribution in [2.45, 2.75) is 112 Å². The van der Waals surface area contributed by atoms with Crippen molar-refractivity contribution in [2.75, 3.05) is 6.54 Å². The van der Waals surface area contributed by atoms with Gasteiger partial charge in [0.2, 0.25) is 21.8 Å². The molecule has 14 nitrogen and oxygen atoms in total. The Morgan fingerprint density at radius 3 is 2.55 bits per heavy atom. The van der Waals surface area contributed by atoms with Crippen LogP contribution in [0.4, 0.5) is 4.79 Å². The number of hydrogen-bond acceptors (Lipinski definition) is 10. The van der Waals surface area contributed by atoms with Gasteiger partial charge in [-0.05, 0) is 75.5 Å². The highest BCUT2D eigenvalue weighted by atomic mass is 32.2. The zero-order chi connectivity index (χ0) is 33.0. The molecule has 5 atom stereocenters. The molecule has 4 fully saturated rings. The van der Waals surface area contributed by atoms with Gasteiger partial charge in [0.25, 0.3) is 5.91 Å². The molecule has 6 rings (SSSR count). The number of nitrogens with zero attached hydrogens (tertiary/aromatic N) is 3. The molecule has 1 aromatic heterocycles.